The summed E-state index contributed by atoms with van der Waals surface area (Å²) in [6, 6.07) is 4.60. The molecule has 2 heterocycles. The summed E-state index contributed by atoms with van der Waals surface area (Å²) in [6.07, 6.45) is -0.0439. The minimum absolute atomic E-state index is 0.00860. The second kappa shape index (κ2) is 5.49. The highest BCUT2D eigenvalue weighted by atomic mass is 32.2. The normalized spacial score (nSPS) is 22.6. The molecule has 7 nitrogen and oxygen atoms in total. The Balaban J connectivity index is 2.25. The highest BCUT2D eigenvalue weighted by molar-refractivity contribution is 7.91. The van der Waals surface area contributed by atoms with Crippen LogP contribution in [0.3, 0.4) is 0 Å². The Hall–Kier alpha value is -1.47. The number of carboxylic acid groups (broad SMARTS) is 1. The number of hydrogen-bond donors (Lipinski definition) is 2. The molecule has 0 aliphatic carbocycles. The van der Waals surface area contributed by atoms with Gasteiger partial charge in [0, 0.05) is 6.61 Å². The lowest BCUT2D eigenvalue weighted by Gasteiger charge is -2.26. The fraction of sp³-hybridized carbons (Fsp3) is 0.455. The SMILES string of the molecule is N#Cc1ccc(S(=O)(=O)NC2(CC(=O)O)CCOC2)s1. The zero-order valence-electron chi connectivity index (χ0n) is 10.3. The van der Waals surface area contributed by atoms with Crippen LogP contribution in [0.15, 0.2) is 16.3 Å². The molecule has 0 amide bonds. The molecule has 1 unspecified atom stereocenters. The third kappa shape index (κ3) is 3.16. The molecule has 1 aliphatic heterocycles. The van der Waals surface area contributed by atoms with Gasteiger partial charge in [0.15, 0.2) is 0 Å². The van der Waals surface area contributed by atoms with Crippen LogP contribution in [-0.2, 0) is 19.6 Å². The van der Waals surface area contributed by atoms with E-state index in [0.717, 1.165) is 11.3 Å². The maximum absolute atomic E-state index is 12.2. The number of carbonyl (C=O) groups is 1. The van der Waals surface area contributed by atoms with E-state index < -0.39 is 21.5 Å². The molecule has 108 valence electrons. The van der Waals surface area contributed by atoms with Crippen molar-refractivity contribution in [2.75, 3.05) is 13.2 Å². The third-order valence-electron chi connectivity index (χ3n) is 2.90. The van der Waals surface area contributed by atoms with Gasteiger partial charge in [0.2, 0.25) is 0 Å². The minimum Gasteiger partial charge on any atom is -0.481 e. The summed E-state index contributed by atoms with van der Waals surface area (Å²) in [6.45, 7) is 0.332. The average Bonchev–Trinajstić information content (AvgIpc) is 2.96. The van der Waals surface area contributed by atoms with Gasteiger partial charge in [-0.05, 0) is 18.6 Å². The Bertz CT molecular complexity index is 653. The monoisotopic (exact) mass is 316 g/mol. The van der Waals surface area contributed by atoms with Crippen molar-refractivity contribution >= 4 is 27.3 Å². The van der Waals surface area contributed by atoms with Gasteiger partial charge in [-0.1, -0.05) is 0 Å². The molecule has 1 aromatic heterocycles. The first kappa shape index (κ1) is 14.9. The van der Waals surface area contributed by atoms with E-state index in [9.17, 15) is 13.2 Å². The highest BCUT2D eigenvalue weighted by Gasteiger charge is 2.41. The molecule has 9 heteroatoms. The number of hydrogen-bond acceptors (Lipinski definition) is 6. The van der Waals surface area contributed by atoms with Crippen LogP contribution in [0.25, 0.3) is 0 Å². The number of nitriles is 1. The van der Waals surface area contributed by atoms with E-state index in [1.54, 1.807) is 0 Å². The molecule has 1 aromatic rings. The molecule has 0 radical (unpaired) electrons. The quantitative estimate of drug-likeness (QED) is 0.818. The van der Waals surface area contributed by atoms with Crippen molar-refractivity contribution in [3.05, 3.63) is 17.0 Å². The Morgan fingerprint density at radius 3 is 2.85 bits per heavy atom. The smallest absolute Gasteiger partial charge is 0.305 e. The maximum Gasteiger partial charge on any atom is 0.305 e. The second-order valence-electron chi connectivity index (χ2n) is 4.49. The summed E-state index contributed by atoms with van der Waals surface area (Å²) < 4.78 is 32.0. The number of aliphatic carboxylic acids is 1. The maximum atomic E-state index is 12.2. The fourth-order valence-electron chi connectivity index (χ4n) is 2.01. The number of rotatable bonds is 5. The Kier molecular flexibility index (Phi) is 4.10. The highest BCUT2D eigenvalue weighted by Crippen LogP contribution is 2.28. The van der Waals surface area contributed by atoms with E-state index in [4.69, 9.17) is 15.1 Å². The molecular weight excluding hydrogens is 304 g/mol. The molecule has 2 rings (SSSR count). The molecule has 0 aromatic carbocycles. The molecule has 20 heavy (non-hydrogen) atoms. The lowest BCUT2D eigenvalue weighted by molar-refractivity contribution is -0.138. The molecule has 1 aliphatic rings. The Morgan fingerprint density at radius 1 is 1.60 bits per heavy atom. The van der Waals surface area contributed by atoms with E-state index in [1.165, 1.54) is 12.1 Å². The lowest BCUT2D eigenvalue weighted by Crippen LogP contribution is -2.50. The fourth-order valence-corrected chi connectivity index (χ4v) is 4.53. The third-order valence-corrected chi connectivity index (χ3v) is 5.96. The minimum atomic E-state index is -3.86. The van der Waals surface area contributed by atoms with Crippen LogP contribution in [0.1, 0.15) is 17.7 Å². The predicted molar refractivity (Wildman–Crippen MR) is 69.8 cm³/mol. The van der Waals surface area contributed by atoms with Gasteiger partial charge in [-0.25, -0.2) is 13.1 Å². The average molecular weight is 316 g/mol. The van der Waals surface area contributed by atoms with Crippen LogP contribution in [0.2, 0.25) is 0 Å². The molecule has 1 atom stereocenters. The molecule has 1 fully saturated rings. The van der Waals surface area contributed by atoms with Gasteiger partial charge in [0.1, 0.15) is 15.2 Å². The van der Waals surface area contributed by atoms with Gasteiger partial charge < -0.3 is 9.84 Å². The standard InChI is InChI=1S/C11H12N2O5S2/c12-6-8-1-2-10(19-8)20(16,17)13-11(5-9(14)15)3-4-18-7-11/h1-2,13H,3-5,7H2,(H,14,15). The summed E-state index contributed by atoms with van der Waals surface area (Å²) in [5, 5.41) is 17.6. The van der Waals surface area contributed by atoms with Gasteiger partial charge in [-0.3, -0.25) is 4.79 Å². The molecule has 1 saturated heterocycles. The largest absolute Gasteiger partial charge is 0.481 e. The molecular formula is C11H12N2O5S2. The van der Waals surface area contributed by atoms with E-state index >= 15 is 0 Å². The first-order chi connectivity index (χ1) is 9.37. The van der Waals surface area contributed by atoms with E-state index in [1.807, 2.05) is 6.07 Å². The number of carboxylic acids is 1. The van der Waals surface area contributed by atoms with Crippen molar-refractivity contribution in [3.63, 3.8) is 0 Å². The van der Waals surface area contributed by atoms with Gasteiger partial charge >= 0.3 is 5.97 Å². The summed E-state index contributed by atoms with van der Waals surface area (Å²) >= 11 is 0.841. The summed E-state index contributed by atoms with van der Waals surface area (Å²) in [4.78, 5) is 11.2. The van der Waals surface area contributed by atoms with Gasteiger partial charge in [0.05, 0.1) is 18.6 Å². The number of nitrogens with one attached hydrogen (secondary N) is 1. The van der Waals surface area contributed by atoms with E-state index in [-0.39, 0.29) is 22.1 Å². The van der Waals surface area contributed by atoms with Crippen molar-refractivity contribution in [1.82, 2.24) is 4.72 Å². The van der Waals surface area contributed by atoms with Crippen LogP contribution >= 0.6 is 11.3 Å². The first-order valence-electron chi connectivity index (χ1n) is 5.70. The number of thiophene rings is 1. The number of ether oxygens (including phenoxy) is 1. The predicted octanol–water partition coefficient (Wildman–Crippen LogP) is 0.532. The van der Waals surface area contributed by atoms with Crippen LogP contribution in [0.5, 0.6) is 0 Å². The summed E-state index contributed by atoms with van der Waals surface area (Å²) in [7, 11) is -3.86. The number of sulfonamides is 1. The zero-order chi connectivity index (χ0) is 14.8. The van der Waals surface area contributed by atoms with Crippen LogP contribution in [0, 0.1) is 11.3 Å². The molecule has 0 saturated carbocycles. The Labute approximate surface area is 119 Å². The van der Waals surface area contributed by atoms with E-state index in [0.29, 0.717) is 13.0 Å². The van der Waals surface area contributed by atoms with Gasteiger partial charge in [-0.15, -0.1) is 11.3 Å². The second-order valence-corrected chi connectivity index (χ2v) is 7.48. The molecule has 0 spiro atoms. The van der Waals surface area contributed by atoms with E-state index in [2.05, 4.69) is 4.72 Å². The van der Waals surface area contributed by atoms with Gasteiger partial charge in [0.25, 0.3) is 10.0 Å². The number of nitrogens with zero attached hydrogens (tertiary/aromatic N) is 1. The first-order valence-corrected chi connectivity index (χ1v) is 8.00. The summed E-state index contributed by atoms with van der Waals surface area (Å²) in [5.74, 6) is -1.10. The topological polar surface area (TPSA) is 116 Å². The van der Waals surface area contributed by atoms with Crippen LogP contribution in [-0.4, -0.2) is 38.2 Å². The Morgan fingerprint density at radius 2 is 2.35 bits per heavy atom. The lowest BCUT2D eigenvalue weighted by atomic mass is 9.96. The van der Waals surface area contributed by atoms with Gasteiger partial charge in [-0.2, -0.15) is 5.26 Å². The molecule has 0 bridgehead atoms. The van der Waals surface area contributed by atoms with Crippen molar-refractivity contribution < 1.29 is 23.1 Å². The zero-order valence-corrected chi connectivity index (χ0v) is 12.0. The van der Waals surface area contributed by atoms with Crippen molar-refractivity contribution in [1.29, 1.82) is 5.26 Å². The van der Waals surface area contributed by atoms with Crippen molar-refractivity contribution in [3.8, 4) is 6.07 Å². The molecule has 2 N–H and O–H groups in total. The van der Waals surface area contributed by atoms with Crippen LogP contribution in [0.4, 0.5) is 0 Å². The van der Waals surface area contributed by atoms with Crippen molar-refractivity contribution in [2.45, 2.75) is 22.6 Å². The van der Waals surface area contributed by atoms with Crippen LogP contribution < -0.4 is 4.72 Å². The van der Waals surface area contributed by atoms with Crippen molar-refractivity contribution in [2.24, 2.45) is 0 Å². The summed E-state index contributed by atoms with van der Waals surface area (Å²) in [5.41, 5.74) is -1.12.